The first kappa shape index (κ1) is 24.8. The van der Waals surface area contributed by atoms with Gasteiger partial charge in [0, 0.05) is 19.1 Å². The zero-order chi connectivity index (χ0) is 21.5. The summed E-state index contributed by atoms with van der Waals surface area (Å²) in [5.41, 5.74) is 6.25. The lowest BCUT2D eigenvalue weighted by atomic mass is 10.1. The van der Waals surface area contributed by atoms with Crippen LogP contribution in [0.25, 0.3) is 0 Å². The van der Waals surface area contributed by atoms with Gasteiger partial charge in [0.05, 0.1) is 0 Å². The molecule has 0 heterocycles. The molecule has 1 aromatic carbocycles. The number of ether oxygens (including phenoxy) is 1. The van der Waals surface area contributed by atoms with Crippen molar-refractivity contribution in [3.05, 3.63) is 29.8 Å². The van der Waals surface area contributed by atoms with Crippen molar-refractivity contribution in [2.75, 3.05) is 39.3 Å². The van der Waals surface area contributed by atoms with Crippen LogP contribution in [0.5, 0.6) is 5.75 Å². The molecule has 1 atom stereocenters. The van der Waals surface area contributed by atoms with Crippen LogP contribution in [0.3, 0.4) is 0 Å². The third kappa shape index (κ3) is 11.3. The molecule has 0 aromatic heterocycles. The predicted molar refractivity (Wildman–Crippen MR) is 120 cm³/mol. The fraction of sp³-hybridized carbons (Fsp3) is 0.636. The van der Waals surface area contributed by atoms with Gasteiger partial charge in [0.2, 0.25) is 0 Å². The van der Waals surface area contributed by atoms with Gasteiger partial charge < -0.3 is 26.0 Å². The number of carbonyl (C=O) groups is 1. The monoisotopic (exact) mass is 405 g/mol. The van der Waals surface area contributed by atoms with Crippen LogP contribution < -0.4 is 21.1 Å². The molecule has 1 rings (SSSR count). The third-order valence-electron chi connectivity index (χ3n) is 4.71. The van der Waals surface area contributed by atoms with E-state index in [0.29, 0.717) is 18.3 Å². The summed E-state index contributed by atoms with van der Waals surface area (Å²) >= 11 is 0. The van der Waals surface area contributed by atoms with Crippen molar-refractivity contribution in [2.24, 2.45) is 10.7 Å². The first-order chi connectivity index (χ1) is 14.0. The molecule has 0 bridgehead atoms. The van der Waals surface area contributed by atoms with E-state index in [-0.39, 0.29) is 6.61 Å². The first-order valence-electron chi connectivity index (χ1n) is 10.8. The van der Waals surface area contributed by atoms with Crippen molar-refractivity contribution >= 4 is 11.9 Å². The van der Waals surface area contributed by atoms with Crippen LogP contribution in [-0.4, -0.2) is 62.1 Å². The second-order valence-corrected chi connectivity index (χ2v) is 7.12. The second-order valence-electron chi connectivity index (χ2n) is 7.12. The van der Waals surface area contributed by atoms with Crippen LogP contribution in [0.4, 0.5) is 0 Å². The number of nitrogens with one attached hydrogen (secondary N) is 2. The van der Waals surface area contributed by atoms with Crippen LogP contribution in [0, 0.1) is 0 Å². The summed E-state index contributed by atoms with van der Waals surface area (Å²) in [6.45, 7) is 13.5. The maximum absolute atomic E-state index is 10.8. The van der Waals surface area contributed by atoms with Crippen molar-refractivity contribution < 1.29 is 9.53 Å². The second kappa shape index (κ2) is 14.7. The Balaban J connectivity index is 2.43. The molecule has 4 N–H and O–H groups in total. The minimum atomic E-state index is -0.478. The summed E-state index contributed by atoms with van der Waals surface area (Å²) < 4.78 is 5.28. The molecule has 0 saturated carbocycles. The third-order valence-corrected chi connectivity index (χ3v) is 4.71. The Morgan fingerprint density at radius 1 is 1.21 bits per heavy atom. The van der Waals surface area contributed by atoms with Gasteiger partial charge in [0.1, 0.15) is 5.75 Å². The molecule has 0 aliphatic carbocycles. The SMILES string of the molecule is CCNC(=NCCc1ccc(OCC(N)=O)cc1)NC(C)CCCN(CC)CC. The van der Waals surface area contributed by atoms with Gasteiger partial charge in [-0.1, -0.05) is 26.0 Å². The average Bonchev–Trinajstić information content (AvgIpc) is 2.70. The maximum Gasteiger partial charge on any atom is 0.255 e. The highest BCUT2D eigenvalue weighted by Crippen LogP contribution is 2.12. The first-order valence-corrected chi connectivity index (χ1v) is 10.8. The zero-order valence-corrected chi connectivity index (χ0v) is 18.5. The highest BCUT2D eigenvalue weighted by atomic mass is 16.5. The molecule has 1 amide bonds. The van der Waals surface area contributed by atoms with Crippen molar-refractivity contribution in [1.82, 2.24) is 15.5 Å². The zero-order valence-electron chi connectivity index (χ0n) is 18.5. The quantitative estimate of drug-likeness (QED) is 0.326. The van der Waals surface area contributed by atoms with E-state index >= 15 is 0 Å². The van der Waals surface area contributed by atoms with Crippen molar-refractivity contribution in [3.63, 3.8) is 0 Å². The van der Waals surface area contributed by atoms with E-state index in [2.05, 4.69) is 43.2 Å². The van der Waals surface area contributed by atoms with Crippen LogP contribution in [0.2, 0.25) is 0 Å². The van der Waals surface area contributed by atoms with Gasteiger partial charge >= 0.3 is 0 Å². The largest absolute Gasteiger partial charge is 0.484 e. The summed E-state index contributed by atoms with van der Waals surface area (Å²) in [5.74, 6) is 1.03. The number of primary amides is 1. The van der Waals surface area contributed by atoms with E-state index in [0.717, 1.165) is 45.0 Å². The topological polar surface area (TPSA) is 92.0 Å². The lowest BCUT2D eigenvalue weighted by Gasteiger charge is -2.21. The molecule has 0 radical (unpaired) electrons. The molecule has 0 saturated heterocycles. The van der Waals surface area contributed by atoms with Crippen molar-refractivity contribution in [1.29, 1.82) is 0 Å². The molecule has 1 aromatic rings. The Bertz CT molecular complexity index is 600. The minimum absolute atomic E-state index is 0.103. The minimum Gasteiger partial charge on any atom is -0.484 e. The molecule has 1 unspecified atom stereocenters. The number of carbonyl (C=O) groups excluding carboxylic acids is 1. The summed E-state index contributed by atoms with van der Waals surface area (Å²) in [5, 5.41) is 6.83. The fourth-order valence-electron chi connectivity index (χ4n) is 2.99. The Hall–Kier alpha value is -2.28. The smallest absolute Gasteiger partial charge is 0.255 e. The van der Waals surface area contributed by atoms with Gasteiger partial charge in [-0.2, -0.15) is 0 Å². The van der Waals surface area contributed by atoms with E-state index in [1.807, 2.05) is 24.3 Å². The Morgan fingerprint density at radius 3 is 2.48 bits per heavy atom. The molecule has 0 aliphatic rings. The summed E-state index contributed by atoms with van der Waals surface area (Å²) in [6.07, 6.45) is 3.14. The number of aliphatic imine (C=N–C) groups is 1. The molecule has 0 spiro atoms. The van der Waals surface area contributed by atoms with Gasteiger partial charge in [0.15, 0.2) is 12.6 Å². The van der Waals surface area contributed by atoms with E-state index < -0.39 is 5.91 Å². The summed E-state index contributed by atoms with van der Waals surface area (Å²) in [6, 6.07) is 8.06. The number of guanidine groups is 1. The van der Waals surface area contributed by atoms with Crippen LogP contribution in [-0.2, 0) is 11.2 Å². The highest BCUT2D eigenvalue weighted by molar-refractivity contribution is 5.80. The molecule has 0 aliphatic heterocycles. The van der Waals surface area contributed by atoms with Crippen LogP contribution in [0.15, 0.2) is 29.3 Å². The number of benzene rings is 1. The van der Waals surface area contributed by atoms with Crippen LogP contribution in [0.1, 0.15) is 46.1 Å². The van der Waals surface area contributed by atoms with E-state index in [1.165, 1.54) is 12.0 Å². The molecule has 7 nitrogen and oxygen atoms in total. The van der Waals surface area contributed by atoms with Gasteiger partial charge in [-0.05, 0) is 70.4 Å². The standard InChI is InChI=1S/C22H39N5O2/c1-5-24-22(26-18(4)9-8-16-27(6-2)7-3)25-15-14-19-10-12-20(13-11-19)29-17-21(23)28/h10-13,18H,5-9,14-17H2,1-4H3,(H2,23,28)(H2,24,25,26). The molecule has 164 valence electrons. The number of amides is 1. The maximum atomic E-state index is 10.8. The molecular formula is C22H39N5O2. The van der Waals surface area contributed by atoms with Crippen LogP contribution >= 0.6 is 0 Å². The Labute approximate surface area is 176 Å². The lowest BCUT2D eigenvalue weighted by molar-refractivity contribution is -0.119. The Morgan fingerprint density at radius 2 is 1.90 bits per heavy atom. The normalized spacial score (nSPS) is 12.7. The molecule has 29 heavy (non-hydrogen) atoms. The van der Waals surface area contributed by atoms with Gasteiger partial charge in [-0.25, -0.2) is 0 Å². The number of rotatable bonds is 14. The molecular weight excluding hydrogens is 366 g/mol. The van der Waals surface area contributed by atoms with Gasteiger partial charge in [-0.3, -0.25) is 9.79 Å². The number of nitrogens with zero attached hydrogens (tertiary/aromatic N) is 2. The highest BCUT2D eigenvalue weighted by Gasteiger charge is 2.06. The Kier molecular flexibility index (Phi) is 12.5. The van der Waals surface area contributed by atoms with Crippen molar-refractivity contribution in [3.8, 4) is 5.75 Å². The predicted octanol–water partition coefficient (Wildman–Crippen LogP) is 2.16. The summed E-state index contributed by atoms with van der Waals surface area (Å²) in [4.78, 5) is 17.9. The number of hydrogen-bond donors (Lipinski definition) is 3. The molecule has 7 heteroatoms. The summed E-state index contributed by atoms with van der Waals surface area (Å²) in [7, 11) is 0. The van der Waals surface area contributed by atoms with E-state index in [9.17, 15) is 4.79 Å². The number of hydrogen-bond acceptors (Lipinski definition) is 4. The van der Waals surface area contributed by atoms with Gasteiger partial charge in [0.25, 0.3) is 5.91 Å². The van der Waals surface area contributed by atoms with E-state index in [1.54, 1.807) is 0 Å². The van der Waals surface area contributed by atoms with Crippen molar-refractivity contribution in [2.45, 2.75) is 53.0 Å². The van der Waals surface area contributed by atoms with Gasteiger partial charge in [-0.15, -0.1) is 0 Å². The fourth-order valence-corrected chi connectivity index (χ4v) is 2.99. The average molecular weight is 406 g/mol. The number of nitrogens with two attached hydrogens (primary N) is 1. The lowest BCUT2D eigenvalue weighted by Crippen LogP contribution is -2.42. The molecule has 0 fully saturated rings. The van der Waals surface area contributed by atoms with E-state index in [4.69, 9.17) is 15.5 Å².